The van der Waals surface area contributed by atoms with E-state index in [2.05, 4.69) is 24.1 Å². The van der Waals surface area contributed by atoms with Gasteiger partial charge in [0.05, 0.1) is 6.10 Å². The molecular weight excluding hydrogens is 224 g/mol. The molecule has 2 atom stereocenters. The molecule has 0 aromatic carbocycles. The fourth-order valence-electron chi connectivity index (χ4n) is 3.41. The summed E-state index contributed by atoms with van der Waals surface area (Å²) in [7, 11) is 0. The zero-order valence-electron chi connectivity index (χ0n) is 12.2. The molecule has 2 fully saturated rings. The Morgan fingerprint density at radius 2 is 1.94 bits per heavy atom. The van der Waals surface area contributed by atoms with Crippen LogP contribution < -0.4 is 5.32 Å². The SMILES string of the molecule is CCOC1CCN(CC2CC(CC)CCN2)CC1. The number of nitrogens with one attached hydrogen (secondary N) is 1. The van der Waals surface area contributed by atoms with Gasteiger partial charge >= 0.3 is 0 Å². The molecule has 18 heavy (non-hydrogen) atoms. The van der Waals surface area contributed by atoms with Gasteiger partial charge in [-0.1, -0.05) is 13.3 Å². The van der Waals surface area contributed by atoms with Crippen molar-refractivity contribution in [3.05, 3.63) is 0 Å². The summed E-state index contributed by atoms with van der Waals surface area (Å²) < 4.78 is 5.71. The van der Waals surface area contributed by atoms with E-state index in [0.29, 0.717) is 6.10 Å². The van der Waals surface area contributed by atoms with Crippen molar-refractivity contribution in [3.63, 3.8) is 0 Å². The van der Waals surface area contributed by atoms with Gasteiger partial charge in [-0.05, 0) is 45.1 Å². The van der Waals surface area contributed by atoms with Crippen molar-refractivity contribution in [2.24, 2.45) is 5.92 Å². The van der Waals surface area contributed by atoms with E-state index in [4.69, 9.17) is 4.74 Å². The summed E-state index contributed by atoms with van der Waals surface area (Å²) in [6, 6.07) is 0.729. The number of likely N-dealkylation sites (tertiary alicyclic amines) is 1. The second-order valence-corrected chi connectivity index (χ2v) is 5.91. The standard InChI is InChI=1S/C15H30N2O/c1-3-13-5-8-16-14(11-13)12-17-9-6-15(7-10-17)18-4-2/h13-16H,3-12H2,1-2H3. The van der Waals surface area contributed by atoms with Crippen LogP contribution in [0.4, 0.5) is 0 Å². The highest BCUT2D eigenvalue weighted by Crippen LogP contribution is 2.21. The molecule has 0 aromatic heterocycles. The Labute approximate surface area is 112 Å². The maximum absolute atomic E-state index is 5.71. The topological polar surface area (TPSA) is 24.5 Å². The molecule has 2 heterocycles. The van der Waals surface area contributed by atoms with E-state index >= 15 is 0 Å². The number of hydrogen-bond donors (Lipinski definition) is 1. The van der Waals surface area contributed by atoms with Crippen LogP contribution in [0, 0.1) is 5.92 Å². The zero-order valence-corrected chi connectivity index (χ0v) is 12.2. The van der Waals surface area contributed by atoms with E-state index in [1.807, 2.05) is 0 Å². The van der Waals surface area contributed by atoms with Crippen LogP contribution in [0.5, 0.6) is 0 Å². The minimum Gasteiger partial charge on any atom is -0.378 e. The van der Waals surface area contributed by atoms with Crippen molar-refractivity contribution in [1.29, 1.82) is 0 Å². The first-order valence-corrected chi connectivity index (χ1v) is 7.89. The van der Waals surface area contributed by atoms with Crippen LogP contribution in [0.1, 0.15) is 46.0 Å². The number of piperidine rings is 2. The third-order valence-corrected chi connectivity index (χ3v) is 4.60. The van der Waals surface area contributed by atoms with Crippen molar-refractivity contribution in [2.75, 3.05) is 32.8 Å². The van der Waals surface area contributed by atoms with E-state index in [9.17, 15) is 0 Å². The number of hydrogen-bond acceptors (Lipinski definition) is 3. The third kappa shape index (κ3) is 4.22. The predicted molar refractivity (Wildman–Crippen MR) is 75.9 cm³/mol. The highest BCUT2D eigenvalue weighted by atomic mass is 16.5. The summed E-state index contributed by atoms with van der Waals surface area (Å²) in [6.45, 7) is 10.2. The Kier molecular flexibility index (Phi) is 5.93. The maximum atomic E-state index is 5.71. The first kappa shape index (κ1) is 14.3. The number of ether oxygens (including phenoxy) is 1. The van der Waals surface area contributed by atoms with E-state index in [-0.39, 0.29) is 0 Å². The Bertz CT molecular complexity index is 227. The quantitative estimate of drug-likeness (QED) is 0.814. The van der Waals surface area contributed by atoms with Gasteiger partial charge in [-0.3, -0.25) is 0 Å². The fourth-order valence-corrected chi connectivity index (χ4v) is 3.41. The number of nitrogens with zero attached hydrogens (tertiary/aromatic N) is 1. The molecule has 1 N–H and O–H groups in total. The van der Waals surface area contributed by atoms with Gasteiger partial charge in [0.15, 0.2) is 0 Å². The van der Waals surface area contributed by atoms with Crippen LogP contribution in [0.2, 0.25) is 0 Å². The van der Waals surface area contributed by atoms with Crippen LogP contribution in [0.25, 0.3) is 0 Å². The molecule has 0 radical (unpaired) electrons. The van der Waals surface area contributed by atoms with E-state index in [1.54, 1.807) is 0 Å². The predicted octanol–water partition coefficient (Wildman–Crippen LogP) is 2.27. The molecule has 3 heteroatoms. The van der Waals surface area contributed by atoms with E-state index in [1.165, 1.54) is 58.3 Å². The van der Waals surface area contributed by atoms with Gasteiger partial charge in [0.1, 0.15) is 0 Å². The minimum atomic E-state index is 0.522. The lowest BCUT2D eigenvalue weighted by Gasteiger charge is -2.37. The maximum Gasteiger partial charge on any atom is 0.0599 e. The van der Waals surface area contributed by atoms with E-state index < -0.39 is 0 Å². The Hall–Kier alpha value is -0.120. The second-order valence-electron chi connectivity index (χ2n) is 5.91. The highest BCUT2D eigenvalue weighted by Gasteiger charge is 2.25. The van der Waals surface area contributed by atoms with Gasteiger partial charge in [-0.2, -0.15) is 0 Å². The smallest absolute Gasteiger partial charge is 0.0599 e. The molecular formula is C15H30N2O. The molecule has 3 nitrogen and oxygen atoms in total. The molecule has 0 spiro atoms. The lowest BCUT2D eigenvalue weighted by molar-refractivity contribution is 0.0111. The third-order valence-electron chi connectivity index (χ3n) is 4.60. The molecule has 2 aliphatic heterocycles. The van der Waals surface area contributed by atoms with Gasteiger partial charge in [0, 0.05) is 32.3 Å². The van der Waals surface area contributed by atoms with Crippen LogP contribution in [0.3, 0.4) is 0 Å². The summed E-state index contributed by atoms with van der Waals surface area (Å²) in [4.78, 5) is 2.63. The average molecular weight is 254 g/mol. The fraction of sp³-hybridized carbons (Fsp3) is 1.00. The van der Waals surface area contributed by atoms with Gasteiger partial charge < -0.3 is 15.0 Å². The average Bonchev–Trinajstić information content (AvgIpc) is 2.42. The molecule has 2 saturated heterocycles. The Morgan fingerprint density at radius 3 is 2.61 bits per heavy atom. The molecule has 0 aromatic rings. The summed E-state index contributed by atoms with van der Waals surface area (Å²) in [5.41, 5.74) is 0. The van der Waals surface area contributed by atoms with Crippen molar-refractivity contribution < 1.29 is 4.74 Å². The molecule has 0 aliphatic carbocycles. The molecule has 106 valence electrons. The van der Waals surface area contributed by atoms with Crippen LogP contribution in [-0.4, -0.2) is 49.8 Å². The lowest BCUT2D eigenvalue weighted by Crippen LogP contribution is -2.48. The van der Waals surface area contributed by atoms with Crippen LogP contribution >= 0.6 is 0 Å². The Morgan fingerprint density at radius 1 is 1.17 bits per heavy atom. The lowest BCUT2D eigenvalue weighted by atomic mass is 9.90. The zero-order chi connectivity index (χ0) is 12.8. The van der Waals surface area contributed by atoms with Crippen LogP contribution in [0.15, 0.2) is 0 Å². The second kappa shape index (κ2) is 7.46. The summed E-state index contributed by atoms with van der Waals surface area (Å²) in [5.74, 6) is 0.956. The minimum absolute atomic E-state index is 0.522. The summed E-state index contributed by atoms with van der Waals surface area (Å²) in [5, 5.41) is 3.69. The first-order chi connectivity index (χ1) is 8.81. The van der Waals surface area contributed by atoms with Gasteiger partial charge in [0.25, 0.3) is 0 Å². The highest BCUT2D eigenvalue weighted by molar-refractivity contribution is 4.82. The Balaban J connectivity index is 1.67. The number of rotatable bonds is 5. The molecule has 0 bridgehead atoms. The molecule has 2 aliphatic rings. The summed E-state index contributed by atoms with van der Waals surface area (Å²) >= 11 is 0. The van der Waals surface area contributed by atoms with Gasteiger partial charge in [0.2, 0.25) is 0 Å². The molecule has 2 rings (SSSR count). The summed E-state index contributed by atoms with van der Waals surface area (Å²) in [6.07, 6.45) is 7.07. The van der Waals surface area contributed by atoms with Crippen LogP contribution in [-0.2, 0) is 4.74 Å². The first-order valence-electron chi connectivity index (χ1n) is 7.89. The van der Waals surface area contributed by atoms with Crippen molar-refractivity contribution in [2.45, 2.75) is 58.1 Å². The van der Waals surface area contributed by atoms with Crippen molar-refractivity contribution in [1.82, 2.24) is 10.2 Å². The molecule has 0 amide bonds. The van der Waals surface area contributed by atoms with Crippen molar-refractivity contribution in [3.8, 4) is 0 Å². The van der Waals surface area contributed by atoms with E-state index in [0.717, 1.165) is 18.6 Å². The van der Waals surface area contributed by atoms with Gasteiger partial charge in [-0.15, -0.1) is 0 Å². The monoisotopic (exact) mass is 254 g/mol. The van der Waals surface area contributed by atoms with Gasteiger partial charge in [-0.25, -0.2) is 0 Å². The largest absolute Gasteiger partial charge is 0.378 e. The van der Waals surface area contributed by atoms with Crippen molar-refractivity contribution >= 4 is 0 Å². The molecule has 2 unspecified atom stereocenters. The normalized spacial score (nSPS) is 31.7. The molecule has 0 saturated carbocycles.